The number of fused-ring (bicyclic) bond motifs is 4. The summed E-state index contributed by atoms with van der Waals surface area (Å²) >= 11 is 24.3. The molecule has 13 rings (SSSR count). The third-order valence-electron chi connectivity index (χ3n) is 23.7. The summed E-state index contributed by atoms with van der Waals surface area (Å²) in [7, 11) is -13.4. The molecule has 0 bridgehead atoms. The maximum atomic E-state index is 14.8. The molecule has 4 N–H and O–H groups in total. The Morgan fingerprint density at radius 3 is 1.18 bits per heavy atom. The Bertz CT molecular complexity index is 6080. The molecule has 4 heterocycles. The van der Waals surface area contributed by atoms with Crippen molar-refractivity contribution in [2.75, 3.05) is 79.8 Å². The first kappa shape index (κ1) is 101. The molecule has 4 aliphatic rings. The van der Waals surface area contributed by atoms with Crippen LogP contribution < -0.4 is 19.5 Å². The van der Waals surface area contributed by atoms with E-state index in [9.17, 15) is 72.0 Å². The molecule has 0 spiro atoms. The fourth-order valence-electron chi connectivity index (χ4n) is 16.6. The Labute approximate surface area is 779 Å². The van der Waals surface area contributed by atoms with Gasteiger partial charge >= 0.3 is 0 Å². The molecule has 38 heteroatoms. The van der Waals surface area contributed by atoms with Gasteiger partial charge in [0.25, 0.3) is 5.91 Å². The number of carbonyl (C=O) groups is 8. The number of hydrogen-bond donors (Lipinski definition) is 4. The van der Waals surface area contributed by atoms with E-state index in [1.807, 2.05) is 71.9 Å². The second-order valence-electron chi connectivity index (χ2n) is 33.4. The lowest BCUT2D eigenvalue weighted by molar-refractivity contribution is -0.171. The molecule has 6 atom stereocenters. The van der Waals surface area contributed by atoms with Gasteiger partial charge in [0.05, 0.1) is 26.2 Å². The van der Waals surface area contributed by atoms with Gasteiger partial charge in [-0.3, -0.25) is 38.4 Å². The van der Waals surface area contributed by atoms with Crippen molar-refractivity contribution in [3.05, 3.63) is 202 Å². The van der Waals surface area contributed by atoms with Crippen LogP contribution in [0.1, 0.15) is 107 Å². The first-order chi connectivity index (χ1) is 61.4. The van der Waals surface area contributed by atoms with Gasteiger partial charge in [0.15, 0.2) is 5.66 Å². The Morgan fingerprint density at radius 1 is 0.431 bits per heavy atom. The molecule has 8 amide bonds. The average molecular weight is 1940 g/mol. The quantitative estimate of drug-likeness (QED) is 0.0272. The van der Waals surface area contributed by atoms with Crippen molar-refractivity contribution in [3.63, 3.8) is 0 Å². The Hall–Kier alpha value is -9.50. The molecule has 0 radical (unpaired) electrons. The Kier molecular flexibility index (Phi) is 33.4. The molecule has 30 nitrogen and oxygen atoms in total. The molecule has 130 heavy (non-hydrogen) atoms. The smallest absolute Gasteiger partial charge is 0.269 e. The first-order valence-electron chi connectivity index (χ1n) is 42.7. The third-order valence-corrected chi connectivity index (χ3v) is 30.9. The number of methoxy groups -OCH3 is 2. The number of likely N-dealkylation sites (tertiary alicyclic amines) is 4. The lowest BCUT2D eigenvalue weighted by Crippen LogP contribution is -2.69. The average Bonchev–Trinajstić information content (AvgIpc) is 1.57. The standard InChI is InChI=1S/C38H43Cl2N5O8S2.C30H36ClN3O5S.C24H31ClN4O5S/c1-24(2)43(16-5-19-53-4)37(48)38(3,44-17-14-33(35(44)46)41-54(49,50)31-12-8-25-20-29(39)10-6-27(25)22-31)45-18-15-34(36(45)47)42-55(51,52)32-13-9-26-21-30(40)11-7-28(26)23-32;1-21(2)32(16-17-39-4)29(35)22(3)33-15-14-28(30(33)36)34(20-23-8-6-5-7-9-23)40(37,38)27-13-11-24-18-26(31)12-10-25(24)19-27;1-15(2)28(12-10-26-17(4)30)23(31)16(3)29-11-9-22(24(29)32)27-35(33,34)21-8-6-18-13-20(25)7-5-19(18)14-21/h6-13,20-24,33-34,41-42H,5,14-19H2,1-4H3;5-13,18-19,21-22,28H,14-17,20H2,1-4H3;5-8,13-16,22,27H,9-12H2,1-4H3,(H,26,30)/t33-,34-;22-,28-;16-,22-/m000/s1. The molecular weight excluding hydrogens is 1830 g/mol. The summed E-state index contributed by atoms with van der Waals surface area (Å²) in [6.45, 7) is 19.8. The summed E-state index contributed by atoms with van der Waals surface area (Å²) in [5, 5.41) is 10.6. The van der Waals surface area contributed by atoms with Crippen LogP contribution in [0.3, 0.4) is 0 Å². The van der Waals surface area contributed by atoms with Crippen LogP contribution in [0.15, 0.2) is 196 Å². The maximum absolute atomic E-state index is 14.8. The highest BCUT2D eigenvalue weighted by Gasteiger charge is 2.58. The Balaban J connectivity index is 0.000000195. The van der Waals surface area contributed by atoms with E-state index in [1.54, 1.807) is 152 Å². The minimum Gasteiger partial charge on any atom is -0.385 e. The predicted molar refractivity (Wildman–Crippen MR) is 501 cm³/mol. The molecule has 4 aliphatic heterocycles. The molecule has 0 aliphatic carbocycles. The van der Waals surface area contributed by atoms with Crippen molar-refractivity contribution in [2.45, 2.75) is 188 Å². The van der Waals surface area contributed by atoms with Crippen LogP contribution in [0.25, 0.3) is 43.1 Å². The monoisotopic (exact) mass is 1940 g/mol. The van der Waals surface area contributed by atoms with Gasteiger partial charge in [0, 0.05) is 125 Å². The van der Waals surface area contributed by atoms with Gasteiger partial charge in [-0.15, -0.1) is 0 Å². The number of ether oxygens (including phenoxy) is 2. The number of halogens is 4. The van der Waals surface area contributed by atoms with E-state index >= 15 is 0 Å². The van der Waals surface area contributed by atoms with Crippen molar-refractivity contribution in [1.82, 2.24) is 58.1 Å². The number of amides is 8. The molecule has 9 aromatic carbocycles. The second-order valence-corrected chi connectivity index (χ2v) is 42.2. The summed E-state index contributed by atoms with van der Waals surface area (Å²) in [4.78, 5) is 118. The fraction of sp³-hybridized carbons (Fsp3) is 0.413. The predicted octanol–water partition coefficient (Wildman–Crippen LogP) is 11.4. The van der Waals surface area contributed by atoms with Crippen molar-refractivity contribution in [1.29, 1.82) is 0 Å². The van der Waals surface area contributed by atoms with E-state index < -0.39 is 106 Å². The summed E-state index contributed by atoms with van der Waals surface area (Å²) in [5.41, 5.74) is -1.17. The van der Waals surface area contributed by atoms with E-state index in [1.165, 1.54) is 74.2 Å². The van der Waals surface area contributed by atoms with E-state index in [0.29, 0.717) is 75.5 Å². The minimum absolute atomic E-state index is 0.0146. The van der Waals surface area contributed by atoms with Crippen LogP contribution in [0, 0.1) is 0 Å². The first-order valence-corrected chi connectivity index (χ1v) is 50.1. The van der Waals surface area contributed by atoms with E-state index in [-0.39, 0.29) is 126 Å². The number of rotatable bonds is 34. The lowest BCUT2D eigenvalue weighted by atomic mass is 10.0. The van der Waals surface area contributed by atoms with Crippen LogP contribution in [0.4, 0.5) is 0 Å². The summed E-state index contributed by atoms with van der Waals surface area (Å²) in [6, 6.07) is 41.9. The van der Waals surface area contributed by atoms with Gasteiger partial charge in [-0.2, -0.15) is 18.5 Å². The molecule has 0 aromatic heterocycles. The molecule has 9 aromatic rings. The lowest BCUT2D eigenvalue weighted by Gasteiger charge is -2.47. The molecule has 0 saturated carbocycles. The zero-order valence-electron chi connectivity index (χ0n) is 74.3. The molecule has 0 unspecified atom stereocenters. The third kappa shape index (κ3) is 23.4. The highest BCUT2D eigenvalue weighted by atomic mass is 35.5. The van der Waals surface area contributed by atoms with Crippen molar-refractivity contribution < 1.29 is 81.5 Å². The summed E-state index contributed by atoms with van der Waals surface area (Å²) in [6.07, 6.45) is 1.04. The molecule has 698 valence electrons. The van der Waals surface area contributed by atoms with Gasteiger partial charge in [-0.25, -0.2) is 33.7 Å². The minimum atomic E-state index is -4.22. The number of hydrogen-bond acceptors (Lipinski definition) is 18. The maximum Gasteiger partial charge on any atom is 0.269 e. The number of sulfonamides is 4. The SMILES string of the molecule is CC(=O)NCCN(C(=O)[C@H](C)N1CC[C@H](NS(=O)(=O)c2ccc3cc(Cl)ccc3c2)C1=O)C(C)C.COCCCN(C(=O)C(C)(N1CC[C@H](NS(=O)(=O)c2ccc3cc(Cl)ccc3c2)C1=O)N1CC[C@H](NS(=O)(=O)c2ccc3cc(Cl)ccc3c2)C1=O)C(C)C.COCCN(C(=O)[C@H](C)N1CC[C@H](N(Cc2ccccc2)S(=O)(=O)c2ccc3cc(Cl)ccc3c2)C1=O)C(C)C. The second kappa shape index (κ2) is 43.0. The van der Waals surface area contributed by atoms with Crippen LogP contribution in [-0.4, -0.2) is 259 Å². The number of benzene rings is 9. The van der Waals surface area contributed by atoms with Crippen molar-refractivity contribution >= 4 is 177 Å². The van der Waals surface area contributed by atoms with Crippen molar-refractivity contribution in [2.24, 2.45) is 0 Å². The normalized spacial score (nSPS) is 17.5. The summed E-state index contributed by atoms with van der Waals surface area (Å²) in [5.74, 6) is -3.39. The van der Waals surface area contributed by atoms with Crippen LogP contribution in [-0.2, 0) is 94.5 Å². The van der Waals surface area contributed by atoms with Gasteiger partial charge in [-0.1, -0.05) is 125 Å². The highest BCUT2D eigenvalue weighted by molar-refractivity contribution is 7.90. The van der Waals surface area contributed by atoms with Gasteiger partial charge in [-0.05, 0) is 240 Å². The topological polar surface area (TPSA) is 366 Å². The van der Waals surface area contributed by atoms with Gasteiger partial charge in [0.1, 0.15) is 36.3 Å². The molecular formula is C92H110Cl4N12O18S4. The van der Waals surface area contributed by atoms with E-state index in [0.717, 1.165) is 32.5 Å². The van der Waals surface area contributed by atoms with Crippen LogP contribution in [0.5, 0.6) is 0 Å². The summed E-state index contributed by atoms with van der Waals surface area (Å²) < 4.78 is 128. The van der Waals surface area contributed by atoms with Crippen LogP contribution in [0.2, 0.25) is 20.1 Å². The van der Waals surface area contributed by atoms with E-state index in [4.69, 9.17) is 55.9 Å². The molecule has 4 saturated heterocycles. The Morgan fingerprint density at radius 2 is 0.785 bits per heavy atom. The number of nitrogens with one attached hydrogen (secondary N) is 4. The van der Waals surface area contributed by atoms with E-state index in [2.05, 4.69) is 19.5 Å². The zero-order valence-corrected chi connectivity index (χ0v) is 80.6. The fourth-order valence-corrected chi connectivity index (χ4v) is 22.7. The van der Waals surface area contributed by atoms with Gasteiger partial charge < -0.3 is 49.1 Å². The van der Waals surface area contributed by atoms with Gasteiger partial charge in [0.2, 0.25) is 81.4 Å². The zero-order chi connectivity index (χ0) is 94.8. The number of nitrogens with zero attached hydrogens (tertiary/aromatic N) is 8. The number of carbonyl (C=O) groups excluding carboxylic acids is 8. The van der Waals surface area contributed by atoms with Crippen molar-refractivity contribution in [3.8, 4) is 0 Å². The largest absolute Gasteiger partial charge is 0.385 e. The molecule has 4 fully saturated rings. The van der Waals surface area contributed by atoms with Crippen LogP contribution >= 0.6 is 46.4 Å². The highest BCUT2D eigenvalue weighted by Crippen LogP contribution is 2.37.